The first-order valence-corrected chi connectivity index (χ1v) is 11.9. The van der Waals surface area contributed by atoms with Crippen LogP contribution in [0.4, 0.5) is 11.4 Å². The highest BCUT2D eigenvalue weighted by Gasteiger charge is 2.31. The number of furan rings is 1. The van der Waals surface area contributed by atoms with E-state index in [2.05, 4.69) is 121 Å². The second kappa shape index (κ2) is 7.87. The van der Waals surface area contributed by atoms with Crippen LogP contribution in [0.5, 0.6) is 0 Å². The smallest absolute Gasteiger partial charge is 0.159 e. The number of hydrogen-bond donors (Lipinski definition) is 0. The summed E-state index contributed by atoms with van der Waals surface area (Å²) in [6.45, 7) is 9.65. The SMILES string of the molecule is Cc1ccccc1N1C=CN(CN2C=CN(c3c(C)ccc4c3oc3ccccc34)[C@H]2C)[C@H]1C. The molecule has 0 amide bonds. The molecule has 3 aromatic carbocycles. The molecular formula is C29H30N4O. The summed E-state index contributed by atoms with van der Waals surface area (Å²) in [5.74, 6) is 0. The van der Waals surface area contributed by atoms with Crippen molar-refractivity contribution in [3.63, 3.8) is 0 Å². The van der Waals surface area contributed by atoms with E-state index in [4.69, 9.17) is 4.42 Å². The Morgan fingerprint density at radius 3 is 2.15 bits per heavy atom. The maximum atomic E-state index is 6.36. The second-order valence-electron chi connectivity index (χ2n) is 9.34. The molecule has 34 heavy (non-hydrogen) atoms. The minimum atomic E-state index is 0.172. The quantitative estimate of drug-likeness (QED) is 0.343. The predicted octanol–water partition coefficient (Wildman–Crippen LogP) is 6.74. The van der Waals surface area contributed by atoms with Crippen molar-refractivity contribution in [3.8, 4) is 0 Å². The van der Waals surface area contributed by atoms with Crippen LogP contribution in [0.2, 0.25) is 0 Å². The molecule has 0 saturated heterocycles. The van der Waals surface area contributed by atoms with Crippen molar-refractivity contribution in [1.29, 1.82) is 0 Å². The molecule has 0 fully saturated rings. The first-order chi connectivity index (χ1) is 16.5. The minimum Gasteiger partial charge on any atom is -0.454 e. The van der Waals surface area contributed by atoms with Gasteiger partial charge in [-0.05, 0) is 51.0 Å². The average molecular weight is 451 g/mol. The van der Waals surface area contributed by atoms with Gasteiger partial charge in [0.05, 0.1) is 12.4 Å². The molecule has 4 aromatic rings. The lowest BCUT2D eigenvalue weighted by Gasteiger charge is -2.36. The fraction of sp³-hybridized carbons (Fsp3) is 0.241. The Bertz CT molecular complexity index is 1430. The van der Waals surface area contributed by atoms with Crippen LogP contribution in [0.25, 0.3) is 21.9 Å². The van der Waals surface area contributed by atoms with E-state index in [-0.39, 0.29) is 12.3 Å². The van der Waals surface area contributed by atoms with Crippen LogP contribution in [0.3, 0.4) is 0 Å². The fourth-order valence-corrected chi connectivity index (χ4v) is 5.24. The van der Waals surface area contributed by atoms with Gasteiger partial charge in [0.1, 0.15) is 17.9 Å². The maximum absolute atomic E-state index is 6.36. The van der Waals surface area contributed by atoms with E-state index in [1.54, 1.807) is 0 Å². The Labute approximate surface area is 200 Å². The Morgan fingerprint density at radius 2 is 1.35 bits per heavy atom. The van der Waals surface area contributed by atoms with E-state index in [1.807, 2.05) is 12.1 Å². The zero-order chi connectivity index (χ0) is 23.4. The fourth-order valence-electron chi connectivity index (χ4n) is 5.24. The standard InChI is InChI=1S/C29H30N4O/c1-20-9-5-7-11-26(20)32-17-15-30(22(32)3)19-31-16-18-33(23(31)4)28-21(2)13-14-25-24-10-6-8-12-27(24)34-29(25)28/h5-18,22-23H,19H2,1-4H3/t22-,23+/m1/s1. The predicted molar refractivity (Wildman–Crippen MR) is 140 cm³/mol. The summed E-state index contributed by atoms with van der Waals surface area (Å²) in [4.78, 5) is 9.44. The van der Waals surface area contributed by atoms with Gasteiger partial charge in [0, 0.05) is 41.3 Å². The van der Waals surface area contributed by atoms with E-state index in [0.717, 1.165) is 23.5 Å². The number of aryl methyl sites for hydroxylation is 2. The first kappa shape index (κ1) is 20.7. The number of anilines is 2. The molecule has 0 aliphatic carbocycles. The van der Waals surface area contributed by atoms with Crippen molar-refractivity contribution in [2.75, 3.05) is 16.5 Å². The van der Waals surface area contributed by atoms with E-state index >= 15 is 0 Å². The number of fused-ring (bicyclic) bond motifs is 3. The molecule has 0 unspecified atom stereocenters. The third-order valence-electron chi connectivity index (χ3n) is 7.30. The van der Waals surface area contributed by atoms with E-state index < -0.39 is 0 Å². The third-order valence-corrected chi connectivity index (χ3v) is 7.30. The number of hydrogen-bond acceptors (Lipinski definition) is 5. The molecule has 5 nitrogen and oxygen atoms in total. The van der Waals surface area contributed by atoms with Gasteiger partial charge in [-0.3, -0.25) is 0 Å². The summed E-state index contributed by atoms with van der Waals surface area (Å²) >= 11 is 0. The largest absolute Gasteiger partial charge is 0.454 e. The molecular weight excluding hydrogens is 420 g/mol. The lowest BCUT2D eigenvalue weighted by Crippen LogP contribution is -2.45. The van der Waals surface area contributed by atoms with Gasteiger partial charge in [-0.1, -0.05) is 48.5 Å². The summed E-state index contributed by atoms with van der Waals surface area (Å²) in [6, 6.07) is 21.2. The van der Waals surface area contributed by atoms with Crippen LogP contribution < -0.4 is 9.80 Å². The number of rotatable bonds is 4. The van der Waals surface area contributed by atoms with Crippen LogP contribution in [0.1, 0.15) is 25.0 Å². The average Bonchev–Trinajstić information content (AvgIpc) is 3.50. The summed E-state index contributed by atoms with van der Waals surface area (Å²) in [5, 5.41) is 2.33. The van der Waals surface area contributed by atoms with Gasteiger partial charge < -0.3 is 24.0 Å². The van der Waals surface area contributed by atoms with E-state index in [1.165, 1.54) is 27.6 Å². The molecule has 0 bridgehead atoms. The Hall–Kier alpha value is -3.86. The van der Waals surface area contributed by atoms with Crippen molar-refractivity contribution >= 4 is 33.3 Å². The topological polar surface area (TPSA) is 26.1 Å². The summed E-state index contributed by atoms with van der Waals surface area (Å²) in [6.07, 6.45) is 9.19. The van der Waals surface area contributed by atoms with Gasteiger partial charge in [-0.2, -0.15) is 0 Å². The van der Waals surface area contributed by atoms with Gasteiger partial charge in [-0.15, -0.1) is 0 Å². The molecule has 2 aliphatic rings. The highest BCUT2D eigenvalue weighted by molar-refractivity contribution is 6.09. The monoisotopic (exact) mass is 450 g/mol. The maximum Gasteiger partial charge on any atom is 0.159 e. The molecule has 2 atom stereocenters. The lowest BCUT2D eigenvalue weighted by molar-refractivity contribution is 0.176. The van der Waals surface area contributed by atoms with Crippen LogP contribution in [-0.2, 0) is 0 Å². The van der Waals surface area contributed by atoms with Crippen LogP contribution in [0.15, 0.2) is 89.9 Å². The van der Waals surface area contributed by atoms with Crippen molar-refractivity contribution in [2.45, 2.75) is 40.0 Å². The highest BCUT2D eigenvalue weighted by atomic mass is 16.3. The van der Waals surface area contributed by atoms with E-state index in [0.29, 0.717) is 0 Å². The summed E-state index contributed by atoms with van der Waals surface area (Å²) in [7, 11) is 0. The Balaban J connectivity index is 1.26. The Morgan fingerprint density at radius 1 is 0.676 bits per heavy atom. The molecule has 1 aromatic heterocycles. The number of benzene rings is 3. The molecule has 0 spiro atoms. The first-order valence-electron chi connectivity index (χ1n) is 11.9. The third kappa shape index (κ3) is 3.15. The van der Waals surface area contributed by atoms with Crippen LogP contribution in [-0.4, -0.2) is 28.8 Å². The molecule has 6 rings (SSSR count). The highest BCUT2D eigenvalue weighted by Crippen LogP contribution is 2.40. The van der Waals surface area contributed by atoms with Crippen molar-refractivity contribution in [3.05, 3.63) is 96.6 Å². The van der Waals surface area contributed by atoms with Gasteiger partial charge >= 0.3 is 0 Å². The lowest BCUT2D eigenvalue weighted by atomic mass is 10.1. The molecule has 172 valence electrons. The normalized spacial score (nSPS) is 20.0. The van der Waals surface area contributed by atoms with Gasteiger partial charge in [0.15, 0.2) is 5.58 Å². The van der Waals surface area contributed by atoms with Crippen molar-refractivity contribution in [1.82, 2.24) is 9.80 Å². The molecule has 0 radical (unpaired) electrons. The molecule has 5 heteroatoms. The summed E-state index contributed by atoms with van der Waals surface area (Å²) in [5.41, 5.74) is 6.80. The van der Waals surface area contributed by atoms with Gasteiger partial charge in [-0.25, -0.2) is 0 Å². The summed E-state index contributed by atoms with van der Waals surface area (Å²) < 4.78 is 6.36. The van der Waals surface area contributed by atoms with Crippen LogP contribution in [0, 0.1) is 13.8 Å². The zero-order valence-corrected chi connectivity index (χ0v) is 20.1. The van der Waals surface area contributed by atoms with Gasteiger partial charge in [0.2, 0.25) is 0 Å². The number of para-hydroxylation sites is 2. The van der Waals surface area contributed by atoms with Gasteiger partial charge in [0.25, 0.3) is 0 Å². The van der Waals surface area contributed by atoms with Crippen molar-refractivity contribution < 1.29 is 4.42 Å². The molecule has 0 N–H and O–H groups in total. The van der Waals surface area contributed by atoms with Crippen LogP contribution >= 0.6 is 0 Å². The second-order valence-corrected chi connectivity index (χ2v) is 9.34. The zero-order valence-electron chi connectivity index (χ0n) is 20.1. The molecule has 3 heterocycles. The van der Waals surface area contributed by atoms with Crippen molar-refractivity contribution in [2.24, 2.45) is 0 Å². The molecule has 0 saturated carbocycles. The number of nitrogens with zero attached hydrogens (tertiary/aromatic N) is 4. The Kier molecular flexibility index (Phi) is 4.80. The van der Waals surface area contributed by atoms with E-state index in [9.17, 15) is 0 Å². The molecule has 2 aliphatic heterocycles. The minimum absolute atomic E-state index is 0.172.